The summed E-state index contributed by atoms with van der Waals surface area (Å²) in [5.74, 6) is 0. The number of ether oxygens (including phenoxy) is 1. The van der Waals surface area contributed by atoms with Crippen molar-refractivity contribution in [3.05, 3.63) is 47.8 Å². The summed E-state index contributed by atoms with van der Waals surface area (Å²) in [5.41, 5.74) is 0.702. The highest BCUT2D eigenvalue weighted by atomic mass is 32.1. The van der Waals surface area contributed by atoms with Crippen LogP contribution in [0, 0.1) is 0 Å². The van der Waals surface area contributed by atoms with Crippen molar-refractivity contribution in [3.63, 3.8) is 0 Å². The van der Waals surface area contributed by atoms with Crippen molar-refractivity contribution in [2.24, 2.45) is 0 Å². The lowest BCUT2D eigenvalue weighted by Crippen LogP contribution is -2.43. The van der Waals surface area contributed by atoms with E-state index in [-0.39, 0.29) is 18.2 Å². The van der Waals surface area contributed by atoms with Crippen LogP contribution in [0.15, 0.2) is 47.8 Å². The first-order valence-corrected chi connectivity index (χ1v) is 9.21. The van der Waals surface area contributed by atoms with Gasteiger partial charge in [0.1, 0.15) is 6.10 Å². The van der Waals surface area contributed by atoms with E-state index in [1.54, 1.807) is 12.1 Å². The van der Waals surface area contributed by atoms with Gasteiger partial charge < -0.3 is 10.1 Å². The van der Waals surface area contributed by atoms with Gasteiger partial charge in [0.05, 0.1) is 5.00 Å². The Morgan fingerprint density at radius 3 is 2.64 bits per heavy atom. The number of hydrogen-bond donors (Lipinski definition) is 3. The summed E-state index contributed by atoms with van der Waals surface area (Å²) in [6, 6.07) is 12.7. The molecule has 1 aromatic carbocycles. The minimum atomic E-state index is -0.458. The number of thiophene rings is 1. The maximum atomic E-state index is 12.0. The van der Waals surface area contributed by atoms with Crippen LogP contribution in [0.25, 0.3) is 0 Å². The number of para-hydroxylation sites is 1. The van der Waals surface area contributed by atoms with E-state index in [9.17, 15) is 9.59 Å². The van der Waals surface area contributed by atoms with E-state index < -0.39 is 6.09 Å². The molecule has 3 rings (SSSR count). The van der Waals surface area contributed by atoms with E-state index in [0.29, 0.717) is 12.1 Å². The molecule has 0 spiro atoms. The van der Waals surface area contributed by atoms with Gasteiger partial charge in [-0.1, -0.05) is 18.2 Å². The molecule has 3 N–H and O–H groups in total. The highest BCUT2D eigenvalue weighted by molar-refractivity contribution is 7.14. The smallest absolute Gasteiger partial charge is 0.411 e. The van der Waals surface area contributed by atoms with E-state index in [0.717, 1.165) is 24.3 Å². The van der Waals surface area contributed by atoms with Gasteiger partial charge >= 0.3 is 12.1 Å². The number of carbonyl (C=O) groups excluding carboxylic acids is 2. The molecule has 0 saturated heterocycles. The van der Waals surface area contributed by atoms with Gasteiger partial charge in [0, 0.05) is 18.2 Å². The summed E-state index contributed by atoms with van der Waals surface area (Å²) in [6.45, 7) is 0. The number of urea groups is 1. The van der Waals surface area contributed by atoms with Crippen LogP contribution < -0.4 is 16.0 Å². The fraction of sp³-hybridized carbons (Fsp3) is 0.333. The highest BCUT2D eigenvalue weighted by Crippen LogP contribution is 2.22. The summed E-state index contributed by atoms with van der Waals surface area (Å²) in [6.07, 6.45) is 2.59. The SMILES string of the molecule is O=C(Nc1cccs1)N[C@@H]1CCC[C@H](OC(=O)Nc2ccccc2)C1. The van der Waals surface area contributed by atoms with Crippen molar-refractivity contribution in [3.8, 4) is 0 Å². The van der Waals surface area contributed by atoms with Crippen molar-refractivity contribution in [1.29, 1.82) is 0 Å². The molecular formula is C18H21N3O3S. The number of benzene rings is 1. The molecule has 6 nitrogen and oxygen atoms in total. The fourth-order valence-corrected chi connectivity index (χ4v) is 3.50. The molecule has 25 heavy (non-hydrogen) atoms. The van der Waals surface area contributed by atoms with Gasteiger partial charge in [-0.05, 0) is 48.9 Å². The summed E-state index contributed by atoms with van der Waals surface area (Å²) in [7, 11) is 0. The number of nitrogens with one attached hydrogen (secondary N) is 3. The first kappa shape index (κ1) is 17.3. The van der Waals surface area contributed by atoms with Crippen LogP contribution in [0.5, 0.6) is 0 Å². The van der Waals surface area contributed by atoms with Gasteiger partial charge in [0.15, 0.2) is 0 Å². The third-order valence-corrected chi connectivity index (χ3v) is 4.80. The number of hydrogen-bond acceptors (Lipinski definition) is 4. The minimum Gasteiger partial charge on any atom is -0.446 e. The van der Waals surface area contributed by atoms with Crippen molar-refractivity contribution >= 4 is 34.1 Å². The lowest BCUT2D eigenvalue weighted by atomic mass is 9.93. The molecule has 1 aliphatic carbocycles. The molecule has 0 aliphatic heterocycles. The Hall–Kier alpha value is -2.54. The van der Waals surface area contributed by atoms with Crippen molar-refractivity contribution in [2.45, 2.75) is 37.8 Å². The third-order valence-electron chi connectivity index (χ3n) is 4.01. The number of rotatable bonds is 4. The lowest BCUT2D eigenvalue weighted by Gasteiger charge is -2.29. The summed E-state index contributed by atoms with van der Waals surface area (Å²) in [4.78, 5) is 24.0. The highest BCUT2D eigenvalue weighted by Gasteiger charge is 2.26. The molecule has 1 aliphatic rings. The van der Waals surface area contributed by atoms with Gasteiger partial charge in [-0.2, -0.15) is 0 Å². The molecule has 7 heteroatoms. The zero-order valence-corrected chi connectivity index (χ0v) is 14.6. The van der Waals surface area contributed by atoms with Crippen LogP contribution in [0.4, 0.5) is 20.3 Å². The first-order valence-electron chi connectivity index (χ1n) is 8.33. The van der Waals surface area contributed by atoms with Crippen LogP contribution >= 0.6 is 11.3 Å². The third kappa shape index (κ3) is 5.49. The number of carbonyl (C=O) groups is 2. The Morgan fingerprint density at radius 2 is 1.88 bits per heavy atom. The molecule has 132 valence electrons. The van der Waals surface area contributed by atoms with Crippen molar-refractivity contribution in [1.82, 2.24) is 5.32 Å². The van der Waals surface area contributed by atoms with Crippen LogP contribution in [-0.2, 0) is 4.74 Å². The summed E-state index contributed by atoms with van der Waals surface area (Å²) >= 11 is 1.47. The number of anilines is 2. The Morgan fingerprint density at radius 1 is 1.04 bits per heavy atom. The quantitative estimate of drug-likeness (QED) is 0.755. The summed E-state index contributed by atoms with van der Waals surface area (Å²) in [5, 5.41) is 11.2. The number of amides is 3. The minimum absolute atomic E-state index is 0.00300. The van der Waals surface area contributed by atoms with Gasteiger partial charge in [-0.15, -0.1) is 11.3 Å². The molecular weight excluding hydrogens is 338 g/mol. The molecule has 1 heterocycles. The van der Waals surface area contributed by atoms with Crippen LogP contribution in [0.1, 0.15) is 25.7 Å². The van der Waals surface area contributed by atoms with Crippen molar-refractivity contribution < 1.29 is 14.3 Å². The van der Waals surface area contributed by atoms with E-state index in [1.807, 2.05) is 35.7 Å². The Labute approximate surface area is 150 Å². The van der Waals surface area contributed by atoms with Crippen LogP contribution in [0.3, 0.4) is 0 Å². The maximum Gasteiger partial charge on any atom is 0.411 e. The molecule has 3 amide bonds. The normalized spacial score (nSPS) is 19.7. The standard InChI is InChI=1S/C18H21N3O3S/c22-17(21-16-10-5-11-25-16)19-14-8-4-9-15(12-14)24-18(23)20-13-6-2-1-3-7-13/h1-3,5-7,10-11,14-15H,4,8-9,12H2,(H,20,23)(H2,19,21,22)/t14-,15+/m1/s1. The molecule has 1 fully saturated rings. The summed E-state index contributed by atoms with van der Waals surface area (Å²) < 4.78 is 5.49. The van der Waals surface area contributed by atoms with Gasteiger partial charge in [-0.3, -0.25) is 10.6 Å². The van der Waals surface area contributed by atoms with Crippen LogP contribution in [-0.4, -0.2) is 24.3 Å². The van der Waals surface area contributed by atoms with Crippen LogP contribution in [0.2, 0.25) is 0 Å². The second-order valence-corrected chi connectivity index (χ2v) is 6.91. The zero-order chi connectivity index (χ0) is 17.5. The van der Waals surface area contributed by atoms with E-state index in [4.69, 9.17) is 4.74 Å². The maximum absolute atomic E-state index is 12.0. The predicted molar refractivity (Wildman–Crippen MR) is 99.1 cm³/mol. The topological polar surface area (TPSA) is 79.5 Å². The Kier molecular flexibility index (Phi) is 5.90. The van der Waals surface area contributed by atoms with Gasteiger partial charge in [-0.25, -0.2) is 9.59 Å². The van der Waals surface area contributed by atoms with E-state index >= 15 is 0 Å². The van der Waals surface area contributed by atoms with E-state index in [2.05, 4.69) is 16.0 Å². The lowest BCUT2D eigenvalue weighted by molar-refractivity contribution is 0.0779. The Balaban J connectivity index is 1.44. The average molecular weight is 359 g/mol. The second-order valence-electron chi connectivity index (χ2n) is 5.96. The van der Waals surface area contributed by atoms with Crippen molar-refractivity contribution in [2.75, 3.05) is 10.6 Å². The molecule has 0 bridgehead atoms. The molecule has 0 unspecified atom stereocenters. The molecule has 2 aromatic rings. The molecule has 1 aromatic heterocycles. The second kappa shape index (κ2) is 8.53. The monoisotopic (exact) mass is 359 g/mol. The van der Waals surface area contributed by atoms with Gasteiger partial charge in [0.25, 0.3) is 0 Å². The van der Waals surface area contributed by atoms with E-state index in [1.165, 1.54) is 11.3 Å². The van der Waals surface area contributed by atoms with Gasteiger partial charge in [0.2, 0.25) is 0 Å². The first-order chi connectivity index (χ1) is 12.2. The molecule has 0 radical (unpaired) electrons. The largest absolute Gasteiger partial charge is 0.446 e. The predicted octanol–water partition coefficient (Wildman–Crippen LogP) is 4.43. The Bertz CT molecular complexity index is 691. The fourth-order valence-electron chi connectivity index (χ4n) is 2.89. The average Bonchev–Trinajstić information content (AvgIpc) is 3.08. The molecule has 1 saturated carbocycles. The zero-order valence-electron chi connectivity index (χ0n) is 13.7. The molecule has 2 atom stereocenters.